The van der Waals surface area contributed by atoms with Crippen LogP contribution in [0.3, 0.4) is 0 Å². The highest BCUT2D eigenvalue weighted by molar-refractivity contribution is 7.15. The molecule has 0 amide bonds. The van der Waals surface area contributed by atoms with Crippen LogP contribution in [0.4, 0.5) is 5.69 Å². The Balaban J connectivity index is 1.48. The first-order valence-electron chi connectivity index (χ1n) is 8.75. The van der Waals surface area contributed by atoms with Gasteiger partial charge in [0.1, 0.15) is 16.1 Å². The first-order chi connectivity index (χ1) is 14.6. The van der Waals surface area contributed by atoms with Crippen molar-refractivity contribution < 1.29 is 9.34 Å². The predicted octanol–water partition coefficient (Wildman–Crippen LogP) is 2.93. The Hall–Kier alpha value is -4.18. The molecular weight excluding hydrogens is 406 g/mol. The topological polar surface area (TPSA) is 116 Å². The van der Waals surface area contributed by atoms with E-state index in [1.165, 1.54) is 28.0 Å². The summed E-state index contributed by atoms with van der Waals surface area (Å²) >= 11 is 1.22. The van der Waals surface area contributed by atoms with Crippen LogP contribution in [0, 0.1) is 10.1 Å². The minimum absolute atomic E-state index is 0.00801. The molecule has 0 saturated carbocycles. The van der Waals surface area contributed by atoms with Gasteiger partial charge in [-0.1, -0.05) is 11.3 Å². The van der Waals surface area contributed by atoms with Crippen molar-refractivity contribution in [1.29, 1.82) is 0 Å². The fourth-order valence-electron chi connectivity index (χ4n) is 2.92. The fourth-order valence-corrected chi connectivity index (χ4v) is 3.81. The van der Waals surface area contributed by atoms with E-state index >= 15 is 0 Å². The van der Waals surface area contributed by atoms with Crippen LogP contribution < -0.4 is 10.1 Å². The average Bonchev–Trinajstić information content (AvgIpc) is 3.47. The van der Waals surface area contributed by atoms with E-state index in [4.69, 9.17) is 4.42 Å². The molecule has 0 unspecified atom stereocenters. The van der Waals surface area contributed by atoms with E-state index in [2.05, 4.69) is 15.1 Å². The van der Waals surface area contributed by atoms with E-state index in [9.17, 15) is 14.9 Å². The summed E-state index contributed by atoms with van der Waals surface area (Å²) in [6, 6.07) is 13.1. The summed E-state index contributed by atoms with van der Waals surface area (Å²) in [5.41, 5.74) is 1.21. The molecule has 1 aromatic carbocycles. The smallest absolute Gasteiger partial charge is 0.291 e. The number of thiazole rings is 1. The van der Waals surface area contributed by atoms with E-state index in [-0.39, 0.29) is 11.2 Å². The maximum absolute atomic E-state index is 12.7. The predicted molar refractivity (Wildman–Crippen MR) is 110 cm³/mol. The zero-order valence-electron chi connectivity index (χ0n) is 15.1. The Labute approximate surface area is 171 Å². The SMILES string of the molecule is O=c1c(=Cc2ccc(-c3ccc([N+](=O)[O-])cc3)o2)sc2nc(-c3ccncc3)nn12. The molecule has 146 valence electrons. The highest BCUT2D eigenvalue weighted by Gasteiger charge is 2.13. The van der Waals surface area contributed by atoms with Crippen LogP contribution in [-0.2, 0) is 0 Å². The van der Waals surface area contributed by atoms with E-state index < -0.39 is 4.92 Å². The molecule has 0 atom stereocenters. The van der Waals surface area contributed by atoms with Crippen molar-refractivity contribution in [3.8, 4) is 22.7 Å². The third-order valence-corrected chi connectivity index (χ3v) is 5.34. The summed E-state index contributed by atoms with van der Waals surface area (Å²) < 4.78 is 7.49. The number of benzene rings is 1. The molecule has 0 spiro atoms. The number of pyridine rings is 1. The Morgan fingerprint density at radius 2 is 1.80 bits per heavy atom. The second-order valence-electron chi connectivity index (χ2n) is 6.29. The first-order valence-corrected chi connectivity index (χ1v) is 9.56. The number of rotatable bonds is 4. The van der Waals surface area contributed by atoms with Crippen molar-refractivity contribution in [3.05, 3.63) is 91.7 Å². The number of nitro benzene ring substituents is 1. The molecule has 0 bridgehead atoms. The summed E-state index contributed by atoms with van der Waals surface area (Å²) in [6.07, 6.45) is 4.91. The van der Waals surface area contributed by atoms with Crippen LogP contribution in [0.1, 0.15) is 5.76 Å². The zero-order valence-corrected chi connectivity index (χ0v) is 15.9. The summed E-state index contributed by atoms with van der Waals surface area (Å²) in [7, 11) is 0. The number of hydrogen-bond acceptors (Lipinski definition) is 8. The minimum atomic E-state index is -0.456. The van der Waals surface area contributed by atoms with Crippen molar-refractivity contribution in [1.82, 2.24) is 19.6 Å². The lowest BCUT2D eigenvalue weighted by atomic mass is 10.1. The number of non-ortho nitro benzene ring substituents is 1. The Bertz CT molecular complexity index is 1490. The lowest BCUT2D eigenvalue weighted by molar-refractivity contribution is -0.384. The largest absolute Gasteiger partial charge is 0.457 e. The molecule has 9 nitrogen and oxygen atoms in total. The molecule has 30 heavy (non-hydrogen) atoms. The van der Waals surface area contributed by atoms with Gasteiger partial charge in [0.15, 0.2) is 5.82 Å². The van der Waals surface area contributed by atoms with Gasteiger partial charge in [0, 0.05) is 41.7 Å². The molecule has 4 heterocycles. The van der Waals surface area contributed by atoms with Crippen molar-refractivity contribution in [2.24, 2.45) is 0 Å². The minimum Gasteiger partial charge on any atom is -0.457 e. The molecule has 0 radical (unpaired) electrons. The van der Waals surface area contributed by atoms with Crippen molar-refractivity contribution in [3.63, 3.8) is 0 Å². The number of fused-ring (bicyclic) bond motifs is 1. The maximum atomic E-state index is 12.7. The second kappa shape index (κ2) is 7.01. The van der Waals surface area contributed by atoms with E-state index in [1.54, 1.807) is 54.9 Å². The zero-order chi connectivity index (χ0) is 20.7. The quantitative estimate of drug-likeness (QED) is 0.326. The van der Waals surface area contributed by atoms with Gasteiger partial charge in [-0.05, 0) is 36.4 Å². The van der Waals surface area contributed by atoms with Gasteiger partial charge >= 0.3 is 0 Å². The van der Waals surface area contributed by atoms with Crippen LogP contribution in [0.25, 0.3) is 33.7 Å². The van der Waals surface area contributed by atoms with Gasteiger partial charge in [-0.2, -0.15) is 9.50 Å². The third-order valence-electron chi connectivity index (χ3n) is 4.38. The van der Waals surface area contributed by atoms with Gasteiger partial charge in [0.2, 0.25) is 4.96 Å². The lowest BCUT2D eigenvalue weighted by Crippen LogP contribution is -2.23. The molecule has 5 aromatic rings. The third kappa shape index (κ3) is 3.14. The van der Waals surface area contributed by atoms with Crippen molar-refractivity contribution in [2.45, 2.75) is 0 Å². The van der Waals surface area contributed by atoms with Gasteiger partial charge in [-0.3, -0.25) is 19.9 Å². The molecule has 4 aromatic heterocycles. The second-order valence-corrected chi connectivity index (χ2v) is 7.30. The van der Waals surface area contributed by atoms with Crippen LogP contribution in [0.2, 0.25) is 0 Å². The van der Waals surface area contributed by atoms with Gasteiger partial charge in [-0.25, -0.2) is 0 Å². The number of nitrogens with zero attached hydrogens (tertiary/aromatic N) is 5. The lowest BCUT2D eigenvalue weighted by Gasteiger charge is -1.96. The average molecular weight is 417 g/mol. The van der Waals surface area contributed by atoms with Gasteiger partial charge in [0.25, 0.3) is 11.2 Å². The molecule has 0 N–H and O–H groups in total. The van der Waals surface area contributed by atoms with Crippen molar-refractivity contribution in [2.75, 3.05) is 0 Å². The normalized spacial score (nSPS) is 11.9. The number of aromatic nitrogens is 4. The molecule has 5 rings (SSSR count). The number of hydrogen-bond donors (Lipinski definition) is 0. The maximum Gasteiger partial charge on any atom is 0.291 e. The molecular formula is C20H11N5O4S. The molecule has 0 aliphatic heterocycles. The summed E-state index contributed by atoms with van der Waals surface area (Å²) in [4.78, 5) is 31.9. The van der Waals surface area contributed by atoms with Crippen molar-refractivity contribution >= 4 is 28.1 Å². The summed E-state index contributed by atoms with van der Waals surface area (Å²) in [5.74, 6) is 1.49. The number of furan rings is 1. The summed E-state index contributed by atoms with van der Waals surface area (Å²) in [5, 5.41) is 15.1. The van der Waals surface area contributed by atoms with Gasteiger partial charge in [-0.15, -0.1) is 5.10 Å². The Morgan fingerprint density at radius 3 is 2.50 bits per heavy atom. The van der Waals surface area contributed by atoms with E-state index in [0.717, 1.165) is 5.56 Å². The first kappa shape index (κ1) is 17.9. The van der Waals surface area contributed by atoms with Crippen LogP contribution in [0.15, 0.2) is 70.1 Å². The highest BCUT2D eigenvalue weighted by atomic mass is 32.1. The summed E-state index contributed by atoms with van der Waals surface area (Å²) in [6.45, 7) is 0. The number of nitro groups is 1. The highest BCUT2D eigenvalue weighted by Crippen LogP contribution is 2.25. The Kier molecular flexibility index (Phi) is 4.18. The fraction of sp³-hybridized carbons (Fsp3) is 0. The molecule has 0 saturated heterocycles. The molecule has 10 heteroatoms. The van der Waals surface area contributed by atoms with Gasteiger partial charge < -0.3 is 4.42 Å². The standard InChI is InChI=1S/C20H11N5O4S/c26-19-17(30-20-22-18(23-24(19)20)13-7-9-21-10-8-13)11-15-5-6-16(29-15)12-1-3-14(4-2-12)25(27)28/h1-11H. The monoisotopic (exact) mass is 417 g/mol. The molecule has 0 aliphatic carbocycles. The van der Waals surface area contributed by atoms with E-state index in [1.807, 2.05) is 0 Å². The molecule has 0 aliphatic rings. The van der Waals surface area contributed by atoms with Crippen LogP contribution in [0.5, 0.6) is 0 Å². The van der Waals surface area contributed by atoms with E-state index in [0.29, 0.717) is 32.4 Å². The van der Waals surface area contributed by atoms with Crippen LogP contribution >= 0.6 is 11.3 Å². The Morgan fingerprint density at radius 1 is 1.03 bits per heavy atom. The van der Waals surface area contributed by atoms with Crippen LogP contribution in [-0.4, -0.2) is 24.5 Å². The molecule has 0 fully saturated rings. The van der Waals surface area contributed by atoms with Gasteiger partial charge in [0.05, 0.1) is 4.92 Å².